The summed E-state index contributed by atoms with van der Waals surface area (Å²) in [5.41, 5.74) is -0.167. The summed E-state index contributed by atoms with van der Waals surface area (Å²) in [5, 5.41) is 2.26. The van der Waals surface area contributed by atoms with Crippen molar-refractivity contribution < 1.29 is 4.52 Å². The van der Waals surface area contributed by atoms with Crippen molar-refractivity contribution in [1.29, 1.82) is 0 Å². The quantitative estimate of drug-likeness (QED) is 0.770. The van der Waals surface area contributed by atoms with Crippen LogP contribution < -0.4 is 5.56 Å². The van der Waals surface area contributed by atoms with E-state index in [4.69, 9.17) is 4.52 Å². The SMILES string of the molecule is CC(C)(C)SCc1cc(=O)[nH]o1. The normalized spacial score (nSPS) is 11.9. The van der Waals surface area contributed by atoms with E-state index in [9.17, 15) is 4.79 Å². The highest BCUT2D eigenvalue weighted by Crippen LogP contribution is 2.26. The Morgan fingerprint density at radius 2 is 2.25 bits per heavy atom. The summed E-state index contributed by atoms with van der Waals surface area (Å²) >= 11 is 1.75. The first kappa shape index (κ1) is 9.45. The molecule has 0 atom stereocenters. The molecule has 1 heterocycles. The average molecular weight is 187 g/mol. The molecule has 0 aliphatic heterocycles. The predicted molar refractivity (Wildman–Crippen MR) is 50.4 cm³/mol. The van der Waals surface area contributed by atoms with Gasteiger partial charge in [0.05, 0.1) is 5.75 Å². The van der Waals surface area contributed by atoms with Crippen molar-refractivity contribution in [2.75, 3.05) is 0 Å². The average Bonchev–Trinajstić information content (AvgIpc) is 2.30. The summed E-state index contributed by atoms with van der Waals surface area (Å²) in [5.74, 6) is 1.45. The molecule has 0 unspecified atom stereocenters. The fourth-order valence-electron chi connectivity index (χ4n) is 0.680. The van der Waals surface area contributed by atoms with Gasteiger partial charge in [0.25, 0.3) is 5.56 Å². The molecular weight excluding hydrogens is 174 g/mol. The minimum absolute atomic E-state index is 0.167. The van der Waals surface area contributed by atoms with Crippen LogP contribution in [0.4, 0.5) is 0 Å². The van der Waals surface area contributed by atoms with Crippen LogP contribution in [0.15, 0.2) is 15.4 Å². The number of aromatic nitrogens is 1. The van der Waals surface area contributed by atoms with Gasteiger partial charge in [-0.05, 0) is 0 Å². The Bertz CT molecular complexity index is 294. The van der Waals surface area contributed by atoms with E-state index >= 15 is 0 Å². The fourth-order valence-corrected chi connectivity index (χ4v) is 1.40. The Labute approximate surface area is 75.5 Å². The second-order valence-corrected chi connectivity index (χ2v) is 5.38. The Balaban J connectivity index is 2.49. The fraction of sp³-hybridized carbons (Fsp3) is 0.625. The minimum Gasteiger partial charge on any atom is -0.383 e. The molecule has 0 saturated heterocycles. The summed E-state index contributed by atoms with van der Waals surface area (Å²) in [6.45, 7) is 6.38. The highest BCUT2D eigenvalue weighted by molar-refractivity contribution is 7.99. The Hall–Kier alpha value is -0.640. The van der Waals surface area contributed by atoms with Gasteiger partial charge in [0.1, 0.15) is 5.76 Å². The van der Waals surface area contributed by atoms with Gasteiger partial charge in [-0.1, -0.05) is 20.8 Å². The third kappa shape index (κ3) is 3.17. The maximum Gasteiger partial charge on any atom is 0.280 e. The first-order valence-electron chi connectivity index (χ1n) is 3.79. The van der Waals surface area contributed by atoms with Crippen LogP contribution >= 0.6 is 11.8 Å². The molecule has 0 aromatic carbocycles. The monoisotopic (exact) mass is 187 g/mol. The van der Waals surface area contributed by atoms with Crippen molar-refractivity contribution in [2.45, 2.75) is 31.3 Å². The predicted octanol–water partition coefficient (Wildman–Crippen LogP) is 2.00. The number of hydrogen-bond donors (Lipinski definition) is 1. The first-order chi connectivity index (χ1) is 5.47. The van der Waals surface area contributed by atoms with Crippen LogP contribution in [0, 0.1) is 0 Å². The third-order valence-electron chi connectivity index (χ3n) is 1.22. The van der Waals surface area contributed by atoms with Crippen molar-refractivity contribution in [1.82, 2.24) is 5.16 Å². The number of rotatable bonds is 2. The molecule has 1 rings (SSSR count). The van der Waals surface area contributed by atoms with E-state index < -0.39 is 0 Å². The number of aromatic amines is 1. The van der Waals surface area contributed by atoms with Crippen molar-refractivity contribution in [3.8, 4) is 0 Å². The van der Waals surface area contributed by atoms with Gasteiger partial charge in [-0.2, -0.15) is 5.16 Å². The molecule has 12 heavy (non-hydrogen) atoms. The molecule has 1 aromatic rings. The number of hydrogen-bond acceptors (Lipinski definition) is 3. The van der Waals surface area contributed by atoms with E-state index in [1.54, 1.807) is 11.8 Å². The molecule has 1 N–H and O–H groups in total. The summed E-state index contributed by atoms with van der Waals surface area (Å²) in [6, 6.07) is 1.48. The van der Waals surface area contributed by atoms with Gasteiger partial charge in [-0.15, -0.1) is 11.8 Å². The summed E-state index contributed by atoms with van der Waals surface area (Å²) in [6.07, 6.45) is 0. The van der Waals surface area contributed by atoms with Crippen molar-refractivity contribution in [3.63, 3.8) is 0 Å². The van der Waals surface area contributed by atoms with Gasteiger partial charge in [-0.25, -0.2) is 0 Å². The molecule has 0 fully saturated rings. The van der Waals surface area contributed by atoms with Crippen LogP contribution in [0.5, 0.6) is 0 Å². The van der Waals surface area contributed by atoms with E-state index in [0.717, 1.165) is 5.75 Å². The van der Waals surface area contributed by atoms with Crippen molar-refractivity contribution >= 4 is 11.8 Å². The second-order valence-electron chi connectivity index (χ2n) is 3.58. The molecule has 0 spiro atoms. The van der Waals surface area contributed by atoms with E-state index in [-0.39, 0.29) is 10.3 Å². The lowest BCUT2D eigenvalue weighted by molar-refractivity contribution is 0.389. The van der Waals surface area contributed by atoms with Crippen LogP contribution in [-0.2, 0) is 5.75 Å². The lowest BCUT2D eigenvalue weighted by Crippen LogP contribution is -2.07. The zero-order valence-corrected chi connectivity index (χ0v) is 8.33. The lowest BCUT2D eigenvalue weighted by Gasteiger charge is -2.15. The Kier molecular flexibility index (Phi) is 2.67. The van der Waals surface area contributed by atoms with Gasteiger partial charge in [0.15, 0.2) is 0 Å². The molecule has 4 heteroatoms. The summed E-state index contributed by atoms with van der Waals surface area (Å²) < 4.78 is 5.11. The summed E-state index contributed by atoms with van der Waals surface area (Å²) in [7, 11) is 0. The Morgan fingerprint density at radius 1 is 1.58 bits per heavy atom. The zero-order chi connectivity index (χ0) is 9.19. The van der Waals surface area contributed by atoms with Crippen molar-refractivity contribution in [2.24, 2.45) is 0 Å². The zero-order valence-electron chi connectivity index (χ0n) is 7.51. The third-order valence-corrected chi connectivity index (χ3v) is 2.52. The molecule has 3 nitrogen and oxygen atoms in total. The summed E-state index contributed by atoms with van der Waals surface area (Å²) in [4.78, 5) is 10.7. The van der Waals surface area contributed by atoms with Gasteiger partial charge < -0.3 is 4.52 Å². The highest BCUT2D eigenvalue weighted by atomic mass is 32.2. The maximum absolute atomic E-state index is 10.7. The van der Waals surface area contributed by atoms with Gasteiger partial charge in [0, 0.05) is 10.8 Å². The second kappa shape index (κ2) is 3.39. The standard InChI is InChI=1S/C8H13NO2S/c1-8(2,3)12-5-6-4-7(10)9-11-6/h4H,5H2,1-3H3,(H,9,10). The van der Waals surface area contributed by atoms with E-state index in [1.807, 2.05) is 0 Å². The van der Waals surface area contributed by atoms with E-state index in [1.165, 1.54) is 6.07 Å². The van der Waals surface area contributed by atoms with Crippen LogP contribution in [0.3, 0.4) is 0 Å². The van der Waals surface area contributed by atoms with Gasteiger partial charge in [0.2, 0.25) is 0 Å². The largest absolute Gasteiger partial charge is 0.383 e. The van der Waals surface area contributed by atoms with Crippen LogP contribution in [0.25, 0.3) is 0 Å². The molecule has 0 amide bonds. The molecule has 0 radical (unpaired) electrons. The van der Waals surface area contributed by atoms with Crippen LogP contribution in [0.2, 0.25) is 0 Å². The lowest BCUT2D eigenvalue weighted by atomic mass is 10.3. The minimum atomic E-state index is -0.167. The molecule has 0 saturated carbocycles. The number of H-pyrrole nitrogens is 1. The molecule has 0 aliphatic rings. The smallest absolute Gasteiger partial charge is 0.280 e. The number of thioether (sulfide) groups is 1. The first-order valence-corrected chi connectivity index (χ1v) is 4.77. The van der Waals surface area contributed by atoms with Crippen LogP contribution in [0.1, 0.15) is 26.5 Å². The van der Waals surface area contributed by atoms with Crippen LogP contribution in [-0.4, -0.2) is 9.90 Å². The van der Waals surface area contributed by atoms with Gasteiger partial charge in [-0.3, -0.25) is 4.79 Å². The molecule has 1 aromatic heterocycles. The highest BCUT2D eigenvalue weighted by Gasteiger charge is 2.11. The maximum atomic E-state index is 10.7. The van der Waals surface area contributed by atoms with E-state index in [0.29, 0.717) is 5.76 Å². The Morgan fingerprint density at radius 3 is 2.67 bits per heavy atom. The topological polar surface area (TPSA) is 46.0 Å². The molecule has 68 valence electrons. The van der Waals surface area contributed by atoms with Crippen molar-refractivity contribution in [3.05, 3.63) is 22.2 Å². The molecule has 0 bridgehead atoms. The van der Waals surface area contributed by atoms with E-state index in [2.05, 4.69) is 25.9 Å². The molecule has 0 aliphatic carbocycles. The molecular formula is C8H13NO2S. The number of nitrogens with one attached hydrogen (secondary N) is 1. The van der Waals surface area contributed by atoms with Gasteiger partial charge >= 0.3 is 0 Å².